The van der Waals surface area contributed by atoms with Crippen molar-refractivity contribution >= 4 is 56.7 Å². The summed E-state index contributed by atoms with van der Waals surface area (Å²) in [5, 5.41) is 7.09. The van der Waals surface area contributed by atoms with Gasteiger partial charge in [0.25, 0.3) is 0 Å². The van der Waals surface area contributed by atoms with E-state index in [4.69, 9.17) is 28.9 Å². The van der Waals surface area contributed by atoms with Gasteiger partial charge in [0.15, 0.2) is 0 Å². The lowest BCUT2D eigenvalue weighted by molar-refractivity contribution is -0.116. The van der Waals surface area contributed by atoms with E-state index in [1.807, 2.05) is 0 Å². The number of nitrogens with one attached hydrogen (secondary N) is 1. The highest BCUT2D eigenvalue weighted by Crippen LogP contribution is 2.33. The van der Waals surface area contributed by atoms with Gasteiger partial charge in [-0.25, -0.2) is 9.67 Å². The van der Waals surface area contributed by atoms with Gasteiger partial charge >= 0.3 is 0 Å². The largest absolute Gasteiger partial charge is 0.367 e. The van der Waals surface area contributed by atoms with Crippen molar-refractivity contribution in [3.8, 4) is 0 Å². The molecule has 0 fully saturated rings. The highest BCUT2D eigenvalue weighted by molar-refractivity contribution is 9.10. The van der Waals surface area contributed by atoms with Crippen molar-refractivity contribution in [2.24, 2.45) is 0 Å². The predicted octanol–water partition coefficient (Wildman–Crippen LogP) is 2.57. The van der Waals surface area contributed by atoms with Crippen LogP contribution in [0.1, 0.15) is 0 Å². The molecule has 1 amide bonds. The summed E-state index contributed by atoms with van der Waals surface area (Å²) < 4.78 is 2.04. The van der Waals surface area contributed by atoms with E-state index in [-0.39, 0.29) is 18.4 Å². The van der Waals surface area contributed by atoms with Crippen LogP contribution in [0.4, 0.5) is 11.6 Å². The van der Waals surface area contributed by atoms with Crippen LogP contribution in [0.15, 0.2) is 22.9 Å². The lowest BCUT2D eigenvalue weighted by Gasteiger charge is -2.09. The number of hydrogen-bond acceptors (Lipinski definition) is 4. The molecule has 1 aromatic heterocycles. The summed E-state index contributed by atoms with van der Waals surface area (Å²) in [6.45, 7) is -0.0348. The minimum Gasteiger partial charge on any atom is -0.367 e. The molecule has 0 spiro atoms. The van der Waals surface area contributed by atoms with Crippen molar-refractivity contribution in [3.63, 3.8) is 0 Å². The second kappa shape index (κ2) is 5.77. The molecular weight excluding hydrogens is 357 g/mol. The quantitative estimate of drug-likeness (QED) is 0.876. The van der Waals surface area contributed by atoms with Crippen LogP contribution < -0.4 is 11.1 Å². The smallest absolute Gasteiger partial charge is 0.246 e. The van der Waals surface area contributed by atoms with Gasteiger partial charge in [0, 0.05) is 4.47 Å². The zero-order chi connectivity index (χ0) is 14.0. The lowest BCUT2D eigenvalue weighted by atomic mass is 10.3. The van der Waals surface area contributed by atoms with Gasteiger partial charge in [0.2, 0.25) is 11.9 Å². The number of carbonyl (C=O) groups excluding carboxylic acids is 1. The van der Waals surface area contributed by atoms with E-state index in [1.165, 1.54) is 11.0 Å². The van der Waals surface area contributed by atoms with Crippen LogP contribution in [0.2, 0.25) is 10.0 Å². The third-order valence-corrected chi connectivity index (χ3v) is 3.19. The third kappa shape index (κ3) is 3.59. The number of hydrogen-bond donors (Lipinski definition) is 2. The first-order chi connectivity index (χ1) is 8.95. The molecule has 6 nitrogen and oxygen atoms in total. The molecule has 1 aromatic carbocycles. The number of nitrogens with two attached hydrogens (primary N) is 1. The van der Waals surface area contributed by atoms with Gasteiger partial charge in [-0.2, -0.15) is 0 Å². The SMILES string of the molecule is Nc1ncn(CC(=O)Nc2c(Cl)cc(Br)cc2Cl)n1. The minimum atomic E-state index is -0.337. The topological polar surface area (TPSA) is 85.8 Å². The van der Waals surface area contributed by atoms with Crippen LogP contribution >= 0.6 is 39.1 Å². The Morgan fingerprint density at radius 2 is 2.05 bits per heavy atom. The van der Waals surface area contributed by atoms with Gasteiger partial charge in [0.05, 0.1) is 15.7 Å². The average molecular weight is 365 g/mol. The van der Waals surface area contributed by atoms with E-state index < -0.39 is 0 Å². The number of rotatable bonds is 3. The van der Waals surface area contributed by atoms with Crippen molar-refractivity contribution in [1.29, 1.82) is 0 Å². The number of nitrogen functional groups attached to an aromatic ring is 1. The van der Waals surface area contributed by atoms with E-state index in [9.17, 15) is 4.79 Å². The molecule has 0 aliphatic rings. The fourth-order valence-electron chi connectivity index (χ4n) is 1.37. The molecule has 0 bridgehead atoms. The van der Waals surface area contributed by atoms with Gasteiger partial charge < -0.3 is 11.1 Å². The van der Waals surface area contributed by atoms with Crippen LogP contribution in [0, 0.1) is 0 Å². The monoisotopic (exact) mass is 363 g/mol. The lowest BCUT2D eigenvalue weighted by Crippen LogP contribution is -2.19. The van der Waals surface area contributed by atoms with Gasteiger partial charge in [-0.1, -0.05) is 39.1 Å². The maximum Gasteiger partial charge on any atom is 0.246 e. The van der Waals surface area contributed by atoms with Crippen LogP contribution in [0.5, 0.6) is 0 Å². The molecule has 2 rings (SSSR count). The maximum absolute atomic E-state index is 11.8. The summed E-state index contributed by atoms with van der Waals surface area (Å²) in [7, 11) is 0. The maximum atomic E-state index is 11.8. The highest BCUT2D eigenvalue weighted by Gasteiger charge is 2.12. The summed E-state index contributed by atoms with van der Waals surface area (Å²) >= 11 is 15.3. The Morgan fingerprint density at radius 1 is 1.42 bits per heavy atom. The molecule has 0 aliphatic heterocycles. The van der Waals surface area contributed by atoms with Crippen LogP contribution in [-0.2, 0) is 11.3 Å². The molecule has 19 heavy (non-hydrogen) atoms. The second-order valence-electron chi connectivity index (χ2n) is 3.59. The summed E-state index contributed by atoms with van der Waals surface area (Å²) in [5.74, 6) is -0.233. The Hall–Kier alpha value is -1.31. The molecule has 0 saturated heterocycles. The predicted molar refractivity (Wildman–Crippen MR) is 77.2 cm³/mol. The Balaban J connectivity index is 2.11. The molecule has 9 heteroatoms. The molecular formula is C10H8BrCl2N5O. The number of carbonyl (C=O) groups is 1. The number of aromatic nitrogens is 3. The highest BCUT2D eigenvalue weighted by atomic mass is 79.9. The molecule has 3 N–H and O–H groups in total. The van der Waals surface area contributed by atoms with Gasteiger partial charge in [-0.3, -0.25) is 4.79 Å². The fourth-order valence-corrected chi connectivity index (χ4v) is 2.68. The average Bonchev–Trinajstić information content (AvgIpc) is 2.69. The third-order valence-electron chi connectivity index (χ3n) is 2.13. The van der Waals surface area contributed by atoms with Gasteiger partial charge in [-0.05, 0) is 12.1 Å². The molecule has 0 atom stereocenters. The summed E-state index contributed by atoms with van der Waals surface area (Å²) in [5.41, 5.74) is 5.70. The molecule has 2 aromatic rings. The fraction of sp³-hybridized carbons (Fsp3) is 0.100. The summed E-state index contributed by atoms with van der Waals surface area (Å²) in [6.07, 6.45) is 1.36. The molecule has 0 unspecified atom stereocenters. The first-order valence-corrected chi connectivity index (χ1v) is 6.60. The Bertz CT molecular complexity index is 607. The number of amides is 1. The molecule has 1 heterocycles. The first kappa shape index (κ1) is 14.1. The Labute approximate surface area is 127 Å². The van der Waals surface area contributed by atoms with E-state index in [0.717, 1.165) is 4.47 Å². The van der Waals surface area contributed by atoms with Crippen molar-refractivity contribution in [1.82, 2.24) is 14.8 Å². The zero-order valence-corrected chi connectivity index (χ0v) is 12.5. The molecule has 0 radical (unpaired) electrons. The van der Waals surface area contributed by atoms with Crippen LogP contribution in [0.25, 0.3) is 0 Å². The van der Waals surface area contributed by atoms with E-state index in [1.54, 1.807) is 12.1 Å². The summed E-state index contributed by atoms with van der Waals surface area (Å²) in [6, 6.07) is 3.27. The zero-order valence-electron chi connectivity index (χ0n) is 9.40. The number of anilines is 2. The Kier molecular flexibility index (Phi) is 4.28. The number of benzene rings is 1. The number of nitrogens with zero attached hydrogens (tertiary/aromatic N) is 3. The van der Waals surface area contributed by atoms with Gasteiger partial charge in [-0.15, -0.1) is 5.10 Å². The van der Waals surface area contributed by atoms with Crippen molar-refractivity contribution < 1.29 is 4.79 Å². The van der Waals surface area contributed by atoms with Crippen molar-refractivity contribution in [2.45, 2.75) is 6.54 Å². The minimum absolute atomic E-state index is 0.0348. The molecule has 100 valence electrons. The van der Waals surface area contributed by atoms with Crippen molar-refractivity contribution in [2.75, 3.05) is 11.1 Å². The van der Waals surface area contributed by atoms with E-state index in [0.29, 0.717) is 15.7 Å². The second-order valence-corrected chi connectivity index (χ2v) is 5.32. The van der Waals surface area contributed by atoms with Crippen molar-refractivity contribution in [3.05, 3.63) is 33.0 Å². The first-order valence-electron chi connectivity index (χ1n) is 5.05. The molecule has 0 aliphatic carbocycles. The van der Waals surface area contributed by atoms with E-state index in [2.05, 4.69) is 31.3 Å². The van der Waals surface area contributed by atoms with E-state index >= 15 is 0 Å². The standard InChI is InChI=1S/C10H8BrCl2N5O/c11-5-1-6(12)9(7(13)2-5)16-8(19)3-18-4-15-10(14)17-18/h1-2,4H,3H2,(H2,14,17)(H,16,19). The normalized spacial score (nSPS) is 10.5. The van der Waals surface area contributed by atoms with Crippen LogP contribution in [-0.4, -0.2) is 20.7 Å². The summed E-state index contributed by atoms with van der Waals surface area (Å²) in [4.78, 5) is 15.5. The number of halogens is 3. The van der Waals surface area contributed by atoms with Gasteiger partial charge in [0.1, 0.15) is 12.9 Å². The van der Waals surface area contributed by atoms with Crippen LogP contribution in [0.3, 0.4) is 0 Å². The molecule has 0 saturated carbocycles. The Morgan fingerprint density at radius 3 is 2.58 bits per heavy atom.